The van der Waals surface area contributed by atoms with E-state index in [0.717, 1.165) is 31.6 Å². The van der Waals surface area contributed by atoms with Gasteiger partial charge in [0.1, 0.15) is 17.9 Å². The first-order valence-electron chi connectivity index (χ1n) is 13.2. The molecule has 4 N–H and O–H groups in total. The summed E-state index contributed by atoms with van der Waals surface area (Å²) in [5.74, 6) is -0.0277. The number of halogens is 2. The highest BCUT2D eigenvalue weighted by atomic mass is 35.5. The van der Waals surface area contributed by atoms with Crippen molar-refractivity contribution in [2.45, 2.75) is 45.3 Å². The van der Waals surface area contributed by atoms with Gasteiger partial charge >= 0.3 is 0 Å². The molecule has 3 aromatic rings. The van der Waals surface area contributed by atoms with E-state index >= 15 is 0 Å². The molecule has 0 radical (unpaired) electrons. The Balaban J connectivity index is 1.63. The second kappa shape index (κ2) is 12.4. The molecule has 13 heteroatoms. The van der Waals surface area contributed by atoms with Crippen LogP contribution in [0.25, 0.3) is 0 Å². The minimum atomic E-state index is -1.36. The molecular weight excluding hydrogens is 551 g/mol. The molecule has 41 heavy (non-hydrogen) atoms. The molecule has 2 aromatic carbocycles. The number of carbonyl (C=O) groups is 1. The molecule has 220 valence electrons. The summed E-state index contributed by atoms with van der Waals surface area (Å²) in [5.41, 5.74) is 1.19. The molecule has 11 nitrogen and oxygen atoms in total. The topological polar surface area (TPSA) is 128 Å². The van der Waals surface area contributed by atoms with Crippen molar-refractivity contribution in [2.24, 2.45) is 0 Å². The van der Waals surface area contributed by atoms with Gasteiger partial charge in [-0.1, -0.05) is 11.6 Å². The van der Waals surface area contributed by atoms with Gasteiger partial charge in [0.2, 0.25) is 17.8 Å². The van der Waals surface area contributed by atoms with Crippen LogP contribution in [0.1, 0.15) is 39.2 Å². The number of hydrogen-bond donors (Lipinski definition) is 4. The van der Waals surface area contributed by atoms with E-state index in [1.807, 2.05) is 13.1 Å². The number of amides is 1. The molecule has 0 spiro atoms. The van der Waals surface area contributed by atoms with Gasteiger partial charge in [0, 0.05) is 43.9 Å². The SMILES string of the molecule is COc1cc(N(C)C[C@@H]2CCCN2C)c(NC(C)=O)cc1Nc1ncnc(Nc2cc(Cl)c(F)cc2C(C)(C)O)n1. The van der Waals surface area contributed by atoms with Crippen LogP contribution in [-0.4, -0.2) is 71.2 Å². The fourth-order valence-corrected chi connectivity index (χ4v) is 5.04. The van der Waals surface area contributed by atoms with Crippen molar-refractivity contribution < 1.29 is 19.0 Å². The highest BCUT2D eigenvalue weighted by Gasteiger charge is 2.25. The fraction of sp³-hybridized carbons (Fsp3) is 0.429. The molecule has 0 unspecified atom stereocenters. The summed E-state index contributed by atoms with van der Waals surface area (Å²) in [6.45, 7) is 6.39. The van der Waals surface area contributed by atoms with E-state index in [2.05, 4.69) is 47.7 Å². The minimum Gasteiger partial charge on any atom is -0.494 e. The van der Waals surface area contributed by atoms with E-state index in [-0.39, 0.29) is 28.4 Å². The van der Waals surface area contributed by atoms with Crippen LogP contribution in [0.15, 0.2) is 30.6 Å². The first kappa shape index (κ1) is 30.2. The molecule has 4 rings (SSSR count). The quantitative estimate of drug-likeness (QED) is 0.261. The number of likely N-dealkylation sites (N-methyl/N-ethyl adjacent to an activating group) is 2. The van der Waals surface area contributed by atoms with E-state index in [0.29, 0.717) is 28.9 Å². The van der Waals surface area contributed by atoms with E-state index in [4.69, 9.17) is 16.3 Å². The van der Waals surface area contributed by atoms with E-state index in [1.54, 1.807) is 13.2 Å². The summed E-state index contributed by atoms with van der Waals surface area (Å²) >= 11 is 6.00. The van der Waals surface area contributed by atoms with E-state index in [1.165, 1.54) is 39.2 Å². The van der Waals surface area contributed by atoms with Crippen molar-refractivity contribution in [3.05, 3.63) is 47.0 Å². The molecule has 0 saturated carbocycles. The van der Waals surface area contributed by atoms with Gasteiger partial charge in [-0.15, -0.1) is 0 Å². The van der Waals surface area contributed by atoms with Crippen LogP contribution in [0.3, 0.4) is 0 Å². The Labute approximate surface area is 244 Å². The van der Waals surface area contributed by atoms with E-state index < -0.39 is 11.4 Å². The average Bonchev–Trinajstić information content (AvgIpc) is 3.29. The van der Waals surface area contributed by atoms with Crippen molar-refractivity contribution in [3.8, 4) is 5.75 Å². The lowest BCUT2D eigenvalue weighted by Crippen LogP contribution is -2.37. The smallest absolute Gasteiger partial charge is 0.232 e. The van der Waals surface area contributed by atoms with Gasteiger partial charge in [-0.3, -0.25) is 4.79 Å². The Hall–Kier alpha value is -3.74. The first-order chi connectivity index (χ1) is 19.3. The Morgan fingerprint density at radius 3 is 2.46 bits per heavy atom. The van der Waals surface area contributed by atoms with Gasteiger partial charge in [0.15, 0.2) is 0 Å². The lowest BCUT2D eigenvalue weighted by molar-refractivity contribution is -0.114. The molecule has 0 bridgehead atoms. The molecular formula is C28H36ClFN8O3. The minimum absolute atomic E-state index is 0.118. The van der Waals surface area contributed by atoms with Gasteiger partial charge in [0.05, 0.1) is 34.8 Å². The monoisotopic (exact) mass is 586 g/mol. The third kappa shape index (κ3) is 7.32. The van der Waals surface area contributed by atoms with Gasteiger partial charge in [-0.25, -0.2) is 14.4 Å². The van der Waals surface area contributed by atoms with Crippen LogP contribution in [0.4, 0.5) is 39.0 Å². The Morgan fingerprint density at radius 2 is 1.88 bits per heavy atom. The number of carbonyl (C=O) groups excluding carboxylic acids is 1. The Morgan fingerprint density at radius 1 is 1.20 bits per heavy atom. The lowest BCUT2D eigenvalue weighted by atomic mass is 9.96. The largest absolute Gasteiger partial charge is 0.494 e. The maximum Gasteiger partial charge on any atom is 0.232 e. The predicted molar refractivity (Wildman–Crippen MR) is 159 cm³/mol. The number of benzene rings is 2. The first-order valence-corrected chi connectivity index (χ1v) is 13.6. The Kier molecular flexibility index (Phi) is 9.15. The highest BCUT2D eigenvalue weighted by Crippen LogP contribution is 2.39. The number of aromatic nitrogens is 3. The maximum atomic E-state index is 14.1. The van der Waals surface area contributed by atoms with Crippen molar-refractivity contribution >= 4 is 52.2 Å². The van der Waals surface area contributed by atoms with Gasteiger partial charge in [-0.05, 0) is 58.5 Å². The maximum absolute atomic E-state index is 14.1. The molecule has 2 heterocycles. The average molecular weight is 587 g/mol. The van der Waals surface area contributed by atoms with Crippen LogP contribution in [0.5, 0.6) is 5.75 Å². The lowest BCUT2D eigenvalue weighted by Gasteiger charge is -2.29. The molecule has 1 atom stereocenters. The zero-order chi connectivity index (χ0) is 29.9. The third-order valence-electron chi connectivity index (χ3n) is 6.98. The Bertz CT molecular complexity index is 1420. The number of likely N-dealkylation sites (tertiary alicyclic amines) is 1. The van der Waals surface area contributed by atoms with Crippen LogP contribution in [0, 0.1) is 5.82 Å². The number of nitrogens with one attached hydrogen (secondary N) is 3. The number of nitrogens with zero attached hydrogens (tertiary/aromatic N) is 5. The summed E-state index contributed by atoms with van der Waals surface area (Å²) in [7, 11) is 5.68. The number of hydrogen-bond acceptors (Lipinski definition) is 10. The molecule has 1 saturated heterocycles. The number of methoxy groups -OCH3 is 1. The molecule has 0 aliphatic carbocycles. The standard InChI is InChI=1S/C28H36ClFN8O3/c1-16(39)33-22-12-23(25(41-6)13-24(22)38(5)14-17-8-7-9-37(17)4)35-27-32-15-31-26(36-27)34-21-11-19(29)20(30)10-18(21)28(2,3)40/h10-13,15,17,40H,7-9,14H2,1-6H3,(H,33,39)(H2,31,32,34,35,36)/t17-/m0/s1. The second-order valence-corrected chi connectivity index (χ2v) is 11.1. The van der Waals surface area contributed by atoms with Gasteiger partial charge in [0.25, 0.3) is 0 Å². The van der Waals surface area contributed by atoms with Crippen molar-refractivity contribution in [2.75, 3.05) is 55.1 Å². The van der Waals surface area contributed by atoms with Crippen LogP contribution in [0.2, 0.25) is 5.02 Å². The molecule has 1 amide bonds. The zero-order valence-corrected chi connectivity index (χ0v) is 24.8. The normalized spacial score (nSPS) is 15.5. The number of anilines is 6. The second-order valence-electron chi connectivity index (χ2n) is 10.7. The number of aliphatic hydroxyl groups is 1. The summed E-state index contributed by atoms with van der Waals surface area (Å²) in [4.78, 5) is 29.3. The van der Waals surface area contributed by atoms with Crippen molar-refractivity contribution in [3.63, 3.8) is 0 Å². The highest BCUT2D eigenvalue weighted by molar-refractivity contribution is 6.31. The van der Waals surface area contributed by atoms with Crippen LogP contribution >= 0.6 is 11.6 Å². The van der Waals surface area contributed by atoms with Crippen LogP contribution < -0.4 is 25.6 Å². The zero-order valence-electron chi connectivity index (χ0n) is 24.0. The summed E-state index contributed by atoms with van der Waals surface area (Å²) in [6, 6.07) is 6.58. The summed E-state index contributed by atoms with van der Waals surface area (Å²) in [5, 5.41) is 19.5. The van der Waals surface area contributed by atoms with E-state index in [9.17, 15) is 14.3 Å². The third-order valence-corrected chi connectivity index (χ3v) is 7.27. The molecule has 1 aliphatic heterocycles. The number of rotatable bonds is 10. The molecule has 1 aromatic heterocycles. The molecule has 1 aliphatic rings. The summed E-state index contributed by atoms with van der Waals surface area (Å²) < 4.78 is 19.8. The van der Waals surface area contributed by atoms with Crippen LogP contribution in [-0.2, 0) is 10.4 Å². The van der Waals surface area contributed by atoms with Crippen molar-refractivity contribution in [1.82, 2.24) is 19.9 Å². The summed E-state index contributed by atoms with van der Waals surface area (Å²) in [6.07, 6.45) is 3.58. The van der Waals surface area contributed by atoms with Crippen molar-refractivity contribution in [1.29, 1.82) is 0 Å². The fourth-order valence-electron chi connectivity index (χ4n) is 4.88. The predicted octanol–water partition coefficient (Wildman–Crippen LogP) is 4.88. The number of ether oxygens (including phenoxy) is 1. The van der Waals surface area contributed by atoms with Gasteiger partial charge in [-0.2, -0.15) is 4.98 Å². The van der Waals surface area contributed by atoms with Gasteiger partial charge < -0.3 is 35.6 Å². The molecule has 1 fully saturated rings.